The van der Waals surface area contributed by atoms with Gasteiger partial charge in [0.15, 0.2) is 0 Å². The summed E-state index contributed by atoms with van der Waals surface area (Å²) in [6, 6.07) is 7.62. The second-order valence-electron chi connectivity index (χ2n) is 4.38. The van der Waals surface area contributed by atoms with E-state index in [0.29, 0.717) is 19.6 Å². The number of para-hydroxylation sites is 1. The average Bonchev–Trinajstić information content (AvgIpc) is 3.00. The Morgan fingerprint density at radius 2 is 2.29 bits per heavy atom. The number of rotatable bonds is 7. The summed E-state index contributed by atoms with van der Waals surface area (Å²) in [7, 11) is 0. The molecule has 2 N–H and O–H groups in total. The van der Waals surface area contributed by atoms with Crippen LogP contribution in [0, 0.1) is 0 Å². The molecule has 0 saturated carbocycles. The molecule has 0 saturated heterocycles. The van der Waals surface area contributed by atoms with Crippen molar-refractivity contribution in [1.29, 1.82) is 0 Å². The molecule has 0 radical (unpaired) electrons. The molecule has 5 nitrogen and oxygen atoms in total. The molecule has 0 aliphatic heterocycles. The van der Waals surface area contributed by atoms with Gasteiger partial charge in [-0.1, -0.05) is 18.2 Å². The molecule has 0 atom stereocenters. The Balaban J connectivity index is 1.84. The van der Waals surface area contributed by atoms with Crippen molar-refractivity contribution < 1.29 is 9.53 Å². The van der Waals surface area contributed by atoms with Crippen LogP contribution >= 0.6 is 0 Å². The van der Waals surface area contributed by atoms with Gasteiger partial charge in [-0.15, -0.1) is 0 Å². The first kappa shape index (κ1) is 14.8. The van der Waals surface area contributed by atoms with Gasteiger partial charge in [-0.3, -0.25) is 4.79 Å². The summed E-state index contributed by atoms with van der Waals surface area (Å²) >= 11 is 0. The van der Waals surface area contributed by atoms with Crippen LogP contribution in [0.2, 0.25) is 0 Å². The van der Waals surface area contributed by atoms with Crippen molar-refractivity contribution in [2.24, 2.45) is 0 Å². The Bertz CT molecular complexity index is 591. The van der Waals surface area contributed by atoms with Crippen LogP contribution in [0.3, 0.4) is 0 Å². The molecule has 2 rings (SSSR count). The summed E-state index contributed by atoms with van der Waals surface area (Å²) in [6.45, 7) is 3.08. The molecular weight excluding hydrogens is 266 g/mol. The summed E-state index contributed by atoms with van der Waals surface area (Å²) in [4.78, 5) is 18.8. The molecule has 0 spiro atoms. The highest BCUT2D eigenvalue weighted by Crippen LogP contribution is 2.19. The predicted molar refractivity (Wildman–Crippen MR) is 81.9 cm³/mol. The third kappa shape index (κ3) is 4.80. The van der Waals surface area contributed by atoms with E-state index < -0.39 is 0 Å². The Hall–Kier alpha value is -2.56. The number of H-pyrrole nitrogens is 1. The summed E-state index contributed by atoms with van der Waals surface area (Å²) in [5, 5.41) is 2.82. The highest BCUT2D eigenvalue weighted by molar-refractivity contribution is 5.92. The van der Waals surface area contributed by atoms with Crippen molar-refractivity contribution in [3.05, 3.63) is 54.1 Å². The average molecular weight is 285 g/mol. The Morgan fingerprint density at radius 1 is 1.43 bits per heavy atom. The fourth-order valence-corrected chi connectivity index (χ4v) is 1.87. The molecule has 0 aliphatic rings. The number of imidazole rings is 1. The number of carbonyl (C=O) groups excluding carboxylic acids is 1. The fourth-order valence-electron chi connectivity index (χ4n) is 1.87. The van der Waals surface area contributed by atoms with Gasteiger partial charge in [0.2, 0.25) is 5.91 Å². The van der Waals surface area contributed by atoms with Crippen LogP contribution in [0.25, 0.3) is 6.08 Å². The molecule has 5 heteroatoms. The van der Waals surface area contributed by atoms with E-state index in [1.165, 1.54) is 6.08 Å². The van der Waals surface area contributed by atoms with Gasteiger partial charge in [-0.25, -0.2) is 4.98 Å². The lowest BCUT2D eigenvalue weighted by Gasteiger charge is -2.06. The van der Waals surface area contributed by atoms with E-state index in [4.69, 9.17) is 4.74 Å². The maximum Gasteiger partial charge on any atom is 0.244 e. The van der Waals surface area contributed by atoms with E-state index in [2.05, 4.69) is 15.3 Å². The number of ether oxygens (including phenoxy) is 1. The molecular formula is C16H19N3O2. The number of aromatic nitrogens is 2. The molecule has 0 aliphatic carbocycles. The van der Waals surface area contributed by atoms with Crippen molar-refractivity contribution in [3.63, 3.8) is 0 Å². The van der Waals surface area contributed by atoms with Gasteiger partial charge in [0.05, 0.1) is 6.61 Å². The zero-order chi connectivity index (χ0) is 14.9. The number of hydrogen-bond acceptors (Lipinski definition) is 3. The van der Waals surface area contributed by atoms with E-state index >= 15 is 0 Å². The summed E-state index contributed by atoms with van der Waals surface area (Å²) in [5.41, 5.74) is 0.889. The van der Waals surface area contributed by atoms with Crippen LogP contribution in [-0.2, 0) is 11.2 Å². The standard InChI is InChI=1S/C16H19N3O2/c1-2-21-14-6-4-3-5-13(14)7-8-16(20)19-10-9-15-17-11-12-18-15/h3-8,11-12H,2,9-10H2,1H3,(H,17,18)(H,19,20)/b8-7+. The van der Waals surface area contributed by atoms with Crippen LogP contribution in [0.1, 0.15) is 18.3 Å². The smallest absolute Gasteiger partial charge is 0.244 e. The molecule has 1 aromatic carbocycles. The molecule has 1 heterocycles. The second-order valence-corrected chi connectivity index (χ2v) is 4.38. The molecule has 1 amide bonds. The van der Waals surface area contributed by atoms with Crippen molar-refractivity contribution >= 4 is 12.0 Å². The Labute approximate surface area is 124 Å². The zero-order valence-corrected chi connectivity index (χ0v) is 12.0. The summed E-state index contributed by atoms with van der Waals surface area (Å²) < 4.78 is 5.50. The Morgan fingerprint density at radius 3 is 3.05 bits per heavy atom. The quantitative estimate of drug-likeness (QED) is 0.766. The monoisotopic (exact) mass is 285 g/mol. The number of benzene rings is 1. The number of hydrogen-bond donors (Lipinski definition) is 2. The minimum atomic E-state index is -0.132. The minimum Gasteiger partial charge on any atom is -0.493 e. The number of amides is 1. The molecule has 0 fully saturated rings. The van der Waals surface area contributed by atoms with Gasteiger partial charge in [-0.05, 0) is 19.1 Å². The van der Waals surface area contributed by atoms with E-state index in [1.54, 1.807) is 18.5 Å². The third-order valence-electron chi connectivity index (χ3n) is 2.85. The number of carbonyl (C=O) groups is 1. The van der Waals surface area contributed by atoms with Gasteiger partial charge in [0.25, 0.3) is 0 Å². The zero-order valence-electron chi connectivity index (χ0n) is 12.0. The van der Waals surface area contributed by atoms with Crippen LogP contribution in [0.5, 0.6) is 5.75 Å². The normalized spacial score (nSPS) is 10.7. The summed E-state index contributed by atoms with van der Waals surface area (Å²) in [6.07, 6.45) is 7.42. The maximum absolute atomic E-state index is 11.7. The number of nitrogens with one attached hydrogen (secondary N) is 2. The minimum absolute atomic E-state index is 0.132. The van der Waals surface area contributed by atoms with Crippen molar-refractivity contribution in [2.45, 2.75) is 13.3 Å². The van der Waals surface area contributed by atoms with Crippen molar-refractivity contribution in [3.8, 4) is 5.75 Å². The van der Waals surface area contributed by atoms with Crippen molar-refractivity contribution in [2.75, 3.05) is 13.2 Å². The van der Waals surface area contributed by atoms with Crippen LogP contribution in [0.4, 0.5) is 0 Å². The Kier molecular flexibility index (Phi) is 5.58. The lowest BCUT2D eigenvalue weighted by atomic mass is 10.2. The van der Waals surface area contributed by atoms with Gasteiger partial charge in [-0.2, -0.15) is 0 Å². The predicted octanol–water partition coefficient (Wildman–Crippen LogP) is 2.18. The van der Waals surface area contributed by atoms with E-state index in [-0.39, 0.29) is 5.91 Å². The third-order valence-corrected chi connectivity index (χ3v) is 2.85. The van der Waals surface area contributed by atoms with Gasteiger partial charge in [0.1, 0.15) is 11.6 Å². The van der Waals surface area contributed by atoms with Crippen LogP contribution in [0.15, 0.2) is 42.7 Å². The van der Waals surface area contributed by atoms with Crippen LogP contribution in [-0.4, -0.2) is 29.0 Å². The molecule has 1 aromatic heterocycles. The first-order chi connectivity index (χ1) is 10.3. The van der Waals surface area contributed by atoms with Crippen molar-refractivity contribution in [1.82, 2.24) is 15.3 Å². The maximum atomic E-state index is 11.7. The topological polar surface area (TPSA) is 67.0 Å². The molecule has 0 bridgehead atoms. The van der Waals surface area contributed by atoms with E-state index in [0.717, 1.165) is 17.1 Å². The van der Waals surface area contributed by atoms with E-state index in [1.807, 2.05) is 31.2 Å². The van der Waals surface area contributed by atoms with E-state index in [9.17, 15) is 4.79 Å². The van der Waals surface area contributed by atoms with Gasteiger partial charge in [0, 0.05) is 37.0 Å². The lowest BCUT2D eigenvalue weighted by Crippen LogP contribution is -2.23. The fraction of sp³-hybridized carbons (Fsp3) is 0.250. The van der Waals surface area contributed by atoms with Gasteiger partial charge >= 0.3 is 0 Å². The largest absolute Gasteiger partial charge is 0.493 e. The highest BCUT2D eigenvalue weighted by Gasteiger charge is 2.00. The lowest BCUT2D eigenvalue weighted by molar-refractivity contribution is -0.116. The number of aromatic amines is 1. The first-order valence-electron chi connectivity index (χ1n) is 6.95. The summed E-state index contributed by atoms with van der Waals surface area (Å²) in [5.74, 6) is 1.51. The molecule has 0 unspecified atom stereocenters. The first-order valence-corrected chi connectivity index (χ1v) is 6.95. The molecule has 21 heavy (non-hydrogen) atoms. The van der Waals surface area contributed by atoms with Gasteiger partial charge < -0.3 is 15.0 Å². The number of nitrogens with zero attached hydrogens (tertiary/aromatic N) is 1. The van der Waals surface area contributed by atoms with Crippen LogP contribution < -0.4 is 10.1 Å². The molecule has 2 aromatic rings. The SMILES string of the molecule is CCOc1ccccc1/C=C/C(=O)NCCc1ncc[nH]1. The molecule has 110 valence electrons. The highest BCUT2D eigenvalue weighted by atomic mass is 16.5. The second kappa shape index (κ2) is 7.89.